The largest absolute Gasteiger partial charge is 0.481 e. The first-order valence-electron chi connectivity index (χ1n) is 6.42. The molecule has 1 fully saturated rings. The van der Waals surface area contributed by atoms with E-state index in [1.807, 2.05) is 6.07 Å². The summed E-state index contributed by atoms with van der Waals surface area (Å²) in [6, 6.07) is 3.77. The van der Waals surface area contributed by atoms with Crippen LogP contribution in [0.15, 0.2) is 23.1 Å². The van der Waals surface area contributed by atoms with Gasteiger partial charge < -0.3 is 10.1 Å². The zero-order chi connectivity index (χ0) is 13.2. The van der Waals surface area contributed by atoms with Gasteiger partial charge in [-0.1, -0.05) is 0 Å². The molecule has 6 heteroatoms. The second-order valence-corrected chi connectivity index (χ2v) is 4.64. The third-order valence-corrected chi connectivity index (χ3v) is 3.49. The zero-order valence-electron chi connectivity index (χ0n) is 10.8. The lowest BCUT2D eigenvalue weighted by molar-refractivity contribution is 0.364. The van der Waals surface area contributed by atoms with Crippen LogP contribution in [0.1, 0.15) is 18.9 Å². The average molecular weight is 260 g/mol. The second-order valence-electron chi connectivity index (χ2n) is 4.64. The van der Waals surface area contributed by atoms with Gasteiger partial charge in [-0.2, -0.15) is 4.98 Å². The lowest BCUT2D eigenvalue weighted by atomic mass is 10.1. The van der Waals surface area contributed by atoms with Gasteiger partial charge in [-0.3, -0.25) is 9.36 Å². The van der Waals surface area contributed by atoms with E-state index in [-0.39, 0.29) is 11.6 Å². The summed E-state index contributed by atoms with van der Waals surface area (Å²) in [5.74, 6) is 0.502. The van der Waals surface area contributed by atoms with Crippen LogP contribution >= 0.6 is 0 Å². The fourth-order valence-electron chi connectivity index (χ4n) is 2.52. The van der Waals surface area contributed by atoms with Crippen molar-refractivity contribution in [2.24, 2.45) is 0 Å². The average Bonchev–Trinajstić information content (AvgIpc) is 2.47. The molecule has 0 unspecified atom stereocenters. The molecule has 6 nitrogen and oxygen atoms in total. The first kappa shape index (κ1) is 12.1. The van der Waals surface area contributed by atoms with E-state index in [1.165, 1.54) is 6.20 Å². The third-order valence-electron chi connectivity index (χ3n) is 3.49. The summed E-state index contributed by atoms with van der Waals surface area (Å²) in [6.07, 6.45) is 3.23. The number of hydrogen-bond donors (Lipinski definition) is 1. The Morgan fingerprint density at radius 3 is 2.89 bits per heavy atom. The SMILES string of the molecule is COc1ccc2ncc(=O)n(C3CCNCC3)c2n1. The van der Waals surface area contributed by atoms with Gasteiger partial charge in [0, 0.05) is 12.1 Å². The Kier molecular flexibility index (Phi) is 3.16. The van der Waals surface area contributed by atoms with Gasteiger partial charge in [-0.05, 0) is 32.0 Å². The summed E-state index contributed by atoms with van der Waals surface area (Å²) >= 11 is 0. The van der Waals surface area contributed by atoms with Crippen LogP contribution in [0.2, 0.25) is 0 Å². The standard InChI is InChI=1S/C13H16N4O2/c1-19-11-3-2-10-13(16-11)17(12(18)8-15-10)9-4-6-14-7-5-9/h2-3,8-9,14H,4-7H2,1H3. The molecule has 0 saturated carbocycles. The van der Waals surface area contributed by atoms with Gasteiger partial charge in [0.1, 0.15) is 5.52 Å². The topological polar surface area (TPSA) is 69.0 Å². The second kappa shape index (κ2) is 4.97. The molecule has 1 aliphatic heterocycles. The molecular formula is C13H16N4O2. The maximum Gasteiger partial charge on any atom is 0.270 e. The molecule has 2 aromatic rings. The highest BCUT2D eigenvalue weighted by molar-refractivity contribution is 5.70. The van der Waals surface area contributed by atoms with Crippen molar-refractivity contribution in [1.29, 1.82) is 0 Å². The van der Waals surface area contributed by atoms with Crippen LogP contribution in [0, 0.1) is 0 Å². The summed E-state index contributed by atoms with van der Waals surface area (Å²) < 4.78 is 6.89. The number of aromatic nitrogens is 3. The maximum absolute atomic E-state index is 12.1. The van der Waals surface area contributed by atoms with E-state index in [1.54, 1.807) is 17.7 Å². The van der Waals surface area contributed by atoms with Crippen LogP contribution in [0.4, 0.5) is 0 Å². The molecule has 0 aliphatic carbocycles. The minimum Gasteiger partial charge on any atom is -0.481 e. The molecule has 0 spiro atoms. The van der Waals surface area contributed by atoms with E-state index >= 15 is 0 Å². The number of hydrogen-bond acceptors (Lipinski definition) is 5. The summed E-state index contributed by atoms with van der Waals surface area (Å²) in [6.45, 7) is 1.84. The highest BCUT2D eigenvalue weighted by Gasteiger charge is 2.19. The zero-order valence-corrected chi connectivity index (χ0v) is 10.8. The lowest BCUT2D eigenvalue weighted by Gasteiger charge is -2.25. The van der Waals surface area contributed by atoms with Gasteiger partial charge in [0.25, 0.3) is 5.56 Å². The smallest absolute Gasteiger partial charge is 0.270 e. The van der Waals surface area contributed by atoms with Crippen molar-refractivity contribution >= 4 is 11.2 Å². The molecule has 0 bridgehead atoms. The predicted molar refractivity (Wildman–Crippen MR) is 71.5 cm³/mol. The van der Waals surface area contributed by atoms with Crippen molar-refractivity contribution < 1.29 is 4.74 Å². The summed E-state index contributed by atoms with van der Waals surface area (Å²) in [5, 5.41) is 3.30. The number of nitrogens with zero attached hydrogens (tertiary/aromatic N) is 3. The van der Waals surface area contributed by atoms with Crippen LogP contribution in [-0.4, -0.2) is 34.7 Å². The Bertz CT molecular complexity index is 647. The van der Waals surface area contributed by atoms with Crippen LogP contribution in [0.5, 0.6) is 5.88 Å². The van der Waals surface area contributed by atoms with Crippen molar-refractivity contribution in [2.45, 2.75) is 18.9 Å². The van der Waals surface area contributed by atoms with Gasteiger partial charge in [0.2, 0.25) is 5.88 Å². The molecule has 19 heavy (non-hydrogen) atoms. The Labute approximate surface area is 110 Å². The van der Waals surface area contributed by atoms with E-state index in [9.17, 15) is 4.79 Å². The number of nitrogens with one attached hydrogen (secondary N) is 1. The maximum atomic E-state index is 12.1. The molecule has 0 radical (unpaired) electrons. The Hall–Kier alpha value is -1.95. The Balaban J connectivity index is 2.19. The fourth-order valence-corrected chi connectivity index (χ4v) is 2.52. The van der Waals surface area contributed by atoms with Crippen molar-refractivity contribution in [3.8, 4) is 5.88 Å². The molecule has 0 aromatic carbocycles. The van der Waals surface area contributed by atoms with Gasteiger partial charge in [-0.25, -0.2) is 4.98 Å². The molecule has 2 aromatic heterocycles. The number of piperidine rings is 1. The van der Waals surface area contributed by atoms with E-state index in [2.05, 4.69) is 15.3 Å². The van der Waals surface area contributed by atoms with Crippen molar-refractivity contribution in [1.82, 2.24) is 19.9 Å². The lowest BCUT2D eigenvalue weighted by Crippen LogP contribution is -2.34. The first-order valence-corrected chi connectivity index (χ1v) is 6.42. The van der Waals surface area contributed by atoms with Crippen molar-refractivity contribution in [2.75, 3.05) is 20.2 Å². The van der Waals surface area contributed by atoms with Gasteiger partial charge in [0.15, 0.2) is 5.65 Å². The minimum atomic E-state index is -0.0971. The number of fused-ring (bicyclic) bond motifs is 1. The van der Waals surface area contributed by atoms with Crippen LogP contribution in [0.3, 0.4) is 0 Å². The van der Waals surface area contributed by atoms with Gasteiger partial charge >= 0.3 is 0 Å². The molecule has 0 atom stereocenters. The molecule has 1 saturated heterocycles. The number of methoxy groups -OCH3 is 1. The highest BCUT2D eigenvalue weighted by atomic mass is 16.5. The van der Waals surface area contributed by atoms with E-state index in [0.29, 0.717) is 11.5 Å². The van der Waals surface area contributed by atoms with Crippen LogP contribution in [-0.2, 0) is 0 Å². The molecular weight excluding hydrogens is 244 g/mol. The Morgan fingerprint density at radius 2 is 2.16 bits per heavy atom. The monoisotopic (exact) mass is 260 g/mol. The molecule has 1 aliphatic rings. The highest BCUT2D eigenvalue weighted by Crippen LogP contribution is 2.21. The molecule has 3 heterocycles. The quantitative estimate of drug-likeness (QED) is 0.862. The van der Waals surface area contributed by atoms with Crippen molar-refractivity contribution in [3.63, 3.8) is 0 Å². The number of rotatable bonds is 2. The normalized spacial score (nSPS) is 16.7. The molecule has 1 N–H and O–H groups in total. The van der Waals surface area contributed by atoms with Crippen molar-refractivity contribution in [3.05, 3.63) is 28.7 Å². The summed E-state index contributed by atoms with van der Waals surface area (Å²) in [7, 11) is 1.57. The van der Waals surface area contributed by atoms with E-state index in [0.717, 1.165) is 31.4 Å². The Morgan fingerprint density at radius 1 is 1.37 bits per heavy atom. The summed E-state index contributed by atoms with van der Waals surface area (Å²) in [5.41, 5.74) is 1.23. The number of pyridine rings is 1. The summed E-state index contributed by atoms with van der Waals surface area (Å²) in [4.78, 5) is 20.7. The fraction of sp³-hybridized carbons (Fsp3) is 0.462. The molecule has 100 valence electrons. The van der Waals surface area contributed by atoms with E-state index in [4.69, 9.17) is 4.74 Å². The molecule has 0 amide bonds. The van der Waals surface area contributed by atoms with Crippen LogP contribution < -0.4 is 15.6 Å². The molecule has 3 rings (SSSR count). The van der Waals surface area contributed by atoms with Crippen LogP contribution in [0.25, 0.3) is 11.2 Å². The number of ether oxygens (including phenoxy) is 1. The van der Waals surface area contributed by atoms with Gasteiger partial charge in [0.05, 0.1) is 13.3 Å². The predicted octanol–water partition coefficient (Wildman–Crippen LogP) is 0.725. The van der Waals surface area contributed by atoms with E-state index < -0.39 is 0 Å². The third kappa shape index (κ3) is 2.19. The minimum absolute atomic E-state index is 0.0971. The first-order chi connectivity index (χ1) is 9.29. The van der Waals surface area contributed by atoms with Gasteiger partial charge in [-0.15, -0.1) is 0 Å².